The standard InChI is InChI=1S/C24H26N2O/c1-16(2)24(5)15-21(19-13-11-17(3)12-14-19)22-18(4)25-26(23(22)27-24)20-9-7-6-8-10-20/h6-14,21H,1,15H2,2-5H3/t21-,24+/m1/s1. The van der Waals surface area contributed by atoms with Gasteiger partial charge < -0.3 is 4.74 Å². The Morgan fingerprint density at radius 2 is 1.78 bits per heavy atom. The Labute approximate surface area is 161 Å². The van der Waals surface area contributed by atoms with E-state index in [2.05, 4.69) is 63.7 Å². The molecule has 0 amide bonds. The lowest BCUT2D eigenvalue weighted by molar-refractivity contribution is 0.0856. The second-order valence-electron chi connectivity index (χ2n) is 7.83. The van der Waals surface area contributed by atoms with Crippen LogP contribution in [0.25, 0.3) is 5.69 Å². The van der Waals surface area contributed by atoms with Gasteiger partial charge in [0, 0.05) is 17.9 Å². The summed E-state index contributed by atoms with van der Waals surface area (Å²) in [5.41, 5.74) is 6.38. The lowest BCUT2D eigenvalue weighted by Crippen LogP contribution is -2.39. The Hall–Kier alpha value is -2.81. The quantitative estimate of drug-likeness (QED) is 0.558. The molecule has 27 heavy (non-hydrogen) atoms. The van der Waals surface area contributed by atoms with Gasteiger partial charge in [0.25, 0.3) is 0 Å². The zero-order valence-corrected chi connectivity index (χ0v) is 16.5. The number of para-hydroxylation sites is 1. The number of rotatable bonds is 3. The summed E-state index contributed by atoms with van der Waals surface area (Å²) in [6.45, 7) is 12.6. The average molecular weight is 358 g/mol. The Bertz CT molecular complexity index is 985. The molecular weight excluding hydrogens is 332 g/mol. The summed E-state index contributed by atoms with van der Waals surface area (Å²) >= 11 is 0. The number of nitrogens with zero attached hydrogens (tertiary/aromatic N) is 2. The largest absolute Gasteiger partial charge is 0.466 e. The first-order chi connectivity index (χ1) is 12.9. The number of hydrogen-bond donors (Lipinski definition) is 0. The highest BCUT2D eigenvalue weighted by Gasteiger charge is 2.42. The molecule has 2 heterocycles. The maximum absolute atomic E-state index is 6.56. The van der Waals surface area contributed by atoms with E-state index in [1.807, 2.05) is 29.8 Å². The van der Waals surface area contributed by atoms with Crippen molar-refractivity contribution in [3.8, 4) is 11.6 Å². The van der Waals surface area contributed by atoms with Crippen LogP contribution in [0.1, 0.15) is 48.6 Å². The van der Waals surface area contributed by atoms with Crippen LogP contribution >= 0.6 is 0 Å². The SMILES string of the molecule is C=C(C)[C@]1(C)C[C@H](c2ccc(C)cc2)c2c(C)nn(-c3ccccc3)c2O1. The summed E-state index contributed by atoms with van der Waals surface area (Å²) in [5, 5.41) is 4.84. The van der Waals surface area contributed by atoms with Crippen LogP contribution in [-0.4, -0.2) is 15.4 Å². The van der Waals surface area contributed by atoms with E-state index in [1.54, 1.807) is 0 Å². The zero-order chi connectivity index (χ0) is 19.2. The molecule has 1 aromatic heterocycles. The maximum atomic E-state index is 6.56. The molecule has 0 N–H and O–H groups in total. The van der Waals surface area contributed by atoms with Gasteiger partial charge in [-0.15, -0.1) is 0 Å². The number of ether oxygens (including phenoxy) is 1. The molecule has 0 saturated carbocycles. The van der Waals surface area contributed by atoms with Crippen LogP contribution in [0.3, 0.4) is 0 Å². The van der Waals surface area contributed by atoms with Crippen molar-refractivity contribution in [2.24, 2.45) is 0 Å². The van der Waals surface area contributed by atoms with E-state index in [1.165, 1.54) is 16.7 Å². The van der Waals surface area contributed by atoms with Crippen molar-refractivity contribution < 1.29 is 4.74 Å². The molecule has 1 aliphatic heterocycles. The first kappa shape index (κ1) is 17.6. The van der Waals surface area contributed by atoms with E-state index >= 15 is 0 Å². The van der Waals surface area contributed by atoms with Crippen molar-refractivity contribution in [1.82, 2.24) is 9.78 Å². The molecule has 2 aromatic carbocycles. The van der Waals surface area contributed by atoms with Crippen LogP contribution in [0.15, 0.2) is 66.7 Å². The summed E-state index contributed by atoms with van der Waals surface area (Å²) in [4.78, 5) is 0. The number of aryl methyl sites for hydroxylation is 2. The van der Waals surface area contributed by atoms with E-state index in [4.69, 9.17) is 9.84 Å². The summed E-state index contributed by atoms with van der Waals surface area (Å²) in [6.07, 6.45) is 0.861. The van der Waals surface area contributed by atoms with E-state index in [0.717, 1.165) is 29.3 Å². The van der Waals surface area contributed by atoms with Crippen molar-refractivity contribution >= 4 is 0 Å². The first-order valence-electron chi connectivity index (χ1n) is 9.45. The molecule has 0 aliphatic carbocycles. The van der Waals surface area contributed by atoms with Gasteiger partial charge >= 0.3 is 0 Å². The second-order valence-corrected chi connectivity index (χ2v) is 7.83. The monoisotopic (exact) mass is 358 g/mol. The number of hydrogen-bond acceptors (Lipinski definition) is 2. The minimum absolute atomic E-state index is 0.230. The van der Waals surface area contributed by atoms with E-state index in [9.17, 15) is 0 Å². The molecule has 0 unspecified atom stereocenters. The van der Waals surface area contributed by atoms with Gasteiger partial charge in [0.1, 0.15) is 5.60 Å². The fraction of sp³-hybridized carbons (Fsp3) is 0.292. The Balaban J connectivity index is 1.92. The zero-order valence-electron chi connectivity index (χ0n) is 16.5. The molecule has 0 radical (unpaired) electrons. The summed E-state index contributed by atoms with van der Waals surface area (Å²) in [5.74, 6) is 1.06. The molecule has 3 aromatic rings. The van der Waals surface area contributed by atoms with Crippen LogP contribution in [0.2, 0.25) is 0 Å². The third-order valence-electron chi connectivity index (χ3n) is 5.71. The smallest absolute Gasteiger partial charge is 0.221 e. The lowest BCUT2D eigenvalue weighted by atomic mass is 9.77. The lowest BCUT2D eigenvalue weighted by Gasteiger charge is -2.39. The molecular formula is C24H26N2O. The summed E-state index contributed by atoms with van der Waals surface area (Å²) < 4.78 is 8.50. The molecule has 4 rings (SSSR count). The van der Waals surface area contributed by atoms with Crippen LogP contribution in [0, 0.1) is 13.8 Å². The molecule has 3 nitrogen and oxygen atoms in total. The average Bonchev–Trinajstić information content (AvgIpc) is 2.98. The normalized spacial score (nSPS) is 21.4. The fourth-order valence-corrected chi connectivity index (χ4v) is 3.85. The van der Waals surface area contributed by atoms with Crippen LogP contribution in [-0.2, 0) is 0 Å². The van der Waals surface area contributed by atoms with Crippen LogP contribution in [0.4, 0.5) is 0 Å². The number of benzene rings is 2. The highest BCUT2D eigenvalue weighted by Crippen LogP contribution is 2.48. The molecule has 0 spiro atoms. The van der Waals surface area contributed by atoms with Gasteiger partial charge in [-0.3, -0.25) is 0 Å². The van der Waals surface area contributed by atoms with Gasteiger partial charge in [-0.25, -0.2) is 4.68 Å². The van der Waals surface area contributed by atoms with Crippen molar-refractivity contribution in [2.45, 2.75) is 45.6 Å². The van der Waals surface area contributed by atoms with Crippen molar-refractivity contribution in [2.75, 3.05) is 0 Å². The molecule has 1 aliphatic rings. The maximum Gasteiger partial charge on any atom is 0.221 e. The first-order valence-corrected chi connectivity index (χ1v) is 9.45. The molecule has 138 valence electrons. The molecule has 0 bridgehead atoms. The van der Waals surface area contributed by atoms with Crippen LogP contribution in [0.5, 0.6) is 5.88 Å². The number of aromatic nitrogens is 2. The van der Waals surface area contributed by atoms with E-state index in [0.29, 0.717) is 0 Å². The van der Waals surface area contributed by atoms with E-state index < -0.39 is 5.60 Å². The van der Waals surface area contributed by atoms with Gasteiger partial charge in [-0.05, 0) is 51.0 Å². The Morgan fingerprint density at radius 3 is 2.41 bits per heavy atom. The molecule has 3 heteroatoms. The molecule has 0 saturated heterocycles. The minimum atomic E-state index is -0.429. The fourth-order valence-electron chi connectivity index (χ4n) is 3.85. The van der Waals surface area contributed by atoms with Crippen LogP contribution < -0.4 is 4.74 Å². The number of fused-ring (bicyclic) bond motifs is 1. The minimum Gasteiger partial charge on any atom is -0.466 e. The third-order valence-corrected chi connectivity index (χ3v) is 5.71. The van der Waals surface area contributed by atoms with Gasteiger partial charge in [0.2, 0.25) is 5.88 Å². The summed E-state index contributed by atoms with van der Waals surface area (Å²) in [7, 11) is 0. The van der Waals surface area contributed by atoms with Crippen molar-refractivity contribution in [3.63, 3.8) is 0 Å². The Morgan fingerprint density at radius 1 is 1.11 bits per heavy atom. The van der Waals surface area contributed by atoms with Crippen molar-refractivity contribution in [3.05, 3.63) is 89.1 Å². The molecule has 0 fully saturated rings. The van der Waals surface area contributed by atoms with Crippen molar-refractivity contribution in [1.29, 1.82) is 0 Å². The highest BCUT2D eigenvalue weighted by atomic mass is 16.5. The Kier molecular flexibility index (Phi) is 4.18. The topological polar surface area (TPSA) is 27.1 Å². The van der Waals surface area contributed by atoms with Gasteiger partial charge in [0.05, 0.1) is 11.4 Å². The molecule has 2 atom stereocenters. The van der Waals surface area contributed by atoms with Gasteiger partial charge in [0.15, 0.2) is 0 Å². The van der Waals surface area contributed by atoms with E-state index in [-0.39, 0.29) is 5.92 Å². The second kappa shape index (κ2) is 6.41. The predicted octanol–water partition coefficient (Wildman–Crippen LogP) is 5.74. The third kappa shape index (κ3) is 2.97. The predicted molar refractivity (Wildman–Crippen MR) is 110 cm³/mol. The van der Waals surface area contributed by atoms with Gasteiger partial charge in [-0.2, -0.15) is 5.10 Å². The van der Waals surface area contributed by atoms with Gasteiger partial charge in [-0.1, -0.05) is 54.6 Å². The summed E-state index contributed by atoms with van der Waals surface area (Å²) in [6, 6.07) is 19.0. The highest BCUT2D eigenvalue weighted by molar-refractivity contribution is 5.49.